The number of benzene rings is 2. The van der Waals surface area contributed by atoms with Crippen LogP contribution in [0.2, 0.25) is 0 Å². The molecule has 0 spiro atoms. The van der Waals surface area contributed by atoms with E-state index in [1.807, 2.05) is 13.0 Å². The Hall–Kier alpha value is -2.62. The number of fused-ring (bicyclic) bond motifs is 1. The average molecular weight is 339 g/mol. The van der Waals surface area contributed by atoms with Gasteiger partial charge in [-0.05, 0) is 57.0 Å². The molecule has 130 valence electrons. The third-order valence-electron chi connectivity index (χ3n) is 4.20. The summed E-state index contributed by atoms with van der Waals surface area (Å²) in [5, 5.41) is 3.36. The van der Waals surface area contributed by atoms with Gasteiger partial charge in [0, 0.05) is 22.9 Å². The van der Waals surface area contributed by atoms with Crippen LogP contribution in [0.3, 0.4) is 0 Å². The molecule has 3 nitrogen and oxygen atoms in total. The molecule has 0 aromatic heterocycles. The maximum absolute atomic E-state index is 13.7. The molecule has 0 saturated heterocycles. The fourth-order valence-corrected chi connectivity index (χ4v) is 3.18. The van der Waals surface area contributed by atoms with Gasteiger partial charge in [-0.15, -0.1) is 0 Å². The van der Waals surface area contributed by atoms with Gasteiger partial charge >= 0.3 is 0 Å². The van der Waals surface area contributed by atoms with Crippen molar-refractivity contribution >= 4 is 11.5 Å². The first kappa shape index (κ1) is 17.2. The molecule has 2 aromatic rings. The van der Waals surface area contributed by atoms with Crippen molar-refractivity contribution in [2.75, 3.05) is 6.61 Å². The topological polar surface area (TPSA) is 38.3 Å². The summed E-state index contributed by atoms with van der Waals surface area (Å²) >= 11 is 0. The van der Waals surface area contributed by atoms with Crippen LogP contribution in [-0.2, 0) is 6.42 Å². The molecular formula is C21H22FNO2. The SMILES string of the molecule is CCOc1ccccc1C(=O)/C=C1\NC(C)(C)Cc2ccc(F)cc21. The van der Waals surface area contributed by atoms with E-state index in [9.17, 15) is 9.18 Å². The van der Waals surface area contributed by atoms with E-state index in [-0.39, 0.29) is 17.1 Å². The molecule has 0 fully saturated rings. The molecule has 1 N–H and O–H groups in total. The van der Waals surface area contributed by atoms with Crippen LogP contribution in [-0.4, -0.2) is 17.9 Å². The molecule has 0 aliphatic carbocycles. The van der Waals surface area contributed by atoms with E-state index in [2.05, 4.69) is 19.2 Å². The Kier molecular flexibility index (Phi) is 4.62. The Morgan fingerprint density at radius 2 is 2.04 bits per heavy atom. The number of carbonyl (C=O) groups excluding carboxylic acids is 1. The van der Waals surface area contributed by atoms with E-state index in [0.717, 1.165) is 17.5 Å². The molecule has 0 atom stereocenters. The number of rotatable bonds is 4. The second-order valence-corrected chi connectivity index (χ2v) is 6.84. The first-order valence-corrected chi connectivity index (χ1v) is 8.44. The normalized spacial score (nSPS) is 16.9. The summed E-state index contributed by atoms with van der Waals surface area (Å²) in [6.07, 6.45) is 2.31. The Bertz CT molecular complexity index is 840. The highest BCUT2D eigenvalue weighted by Gasteiger charge is 2.28. The smallest absolute Gasteiger partial charge is 0.191 e. The summed E-state index contributed by atoms with van der Waals surface area (Å²) < 4.78 is 19.3. The van der Waals surface area contributed by atoms with E-state index in [4.69, 9.17) is 4.74 Å². The zero-order valence-corrected chi connectivity index (χ0v) is 14.7. The first-order valence-electron chi connectivity index (χ1n) is 8.44. The average Bonchev–Trinajstić information content (AvgIpc) is 2.55. The number of nitrogens with one attached hydrogen (secondary N) is 1. The van der Waals surface area contributed by atoms with Gasteiger partial charge in [-0.2, -0.15) is 0 Å². The van der Waals surface area contributed by atoms with Crippen molar-refractivity contribution in [2.24, 2.45) is 0 Å². The fourth-order valence-electron chi connectivity index (χ4n) is 3.18. The molecular weight excluding hydrogens is 317 g/mol. The van der Waals surface area contributed by atoms with Gasteiger partial charge in [-0.25, -0.2) is 4.39 Å². The lowest BCUT2D eigenvalue weighted by atomic mass is 9.85. The van der Waals surface area contributed by atoms with E-state index in [0.29, 0.717) is 23.6 Å². The molecule has 0 amide bonds. The first-order chi connectivity index (χ1) is 11.9. The molecule has 1 heterocycles. The molecule has 2 aromatic carbocycles. The van der Waals surface area contributed by atoms with Crippen molar-refractivity contribution in [1.82, 2.24) is 5.32 Å². The molecule has 0 unspecified atom stereocenters. The van der Waals surface area contributed by atoms with Gasteiger partial charge in [-0.3, -0.25) is 4.79 Å². The zero-order chi connectivity index (χ0) is 18.0. The predicted molar refractivity (Wildman–Crippen MR) is 97.2 cm³/mol. The summed E-state index contributed by atoms with van der Waals surface area (Å²) in [5.74, 6) is 0.0779. The molecule has 0 saturated carbocycles. The van der Waals surface area contributed by atoms with Crippen molar-refractivity contribution in [3.8, 4) is 5.75 Å². The number of para-hydroxylation sites is 1. The van der Waals surface area contributed by atoms with Gasteiger partial charge in [0.15, 0.2) is 5.78 Å². The number of allylic oxidation sites excluding steroid dienone is 1. The second kappa shape index (κ2) is 6.71. The largest absolute Gasteiger partial charge is 0.493 e. The Labute approximate surface area is 147 Å². The molecule has 0 radical (unpaired) electrons. The van der Waals surface area contributed by atoms with Gasteiger partial charge in [0.05, 0.1) is 12.2 Å². The van der Waals surface area contributed by atoms with Crippen LogP contribution in [0.5, 0.6) is 5.75 Å². The molecule has 0 bridgehead atoms. The van der Waals surface area contributed by atoms with Crippen molar-refractivity contribution < 1.29 is 13.9 Å². The number of hydrogen-bond acceptors (Lipinski definition) is 3. The molecule has 4 heteroatoms. The number of halogens is 1. The monoisotopic (exact) mass is 339 g/mol. The molecule has 1 aliphatic heterocycles. The Morgan fingerprint density at radius 3 is 2.80 bits per heavy atom. The quantitative estimate of drug-likeness (QED) is 0.664. The Balaban J connectivity index is 2.04. The van der Waals surface area contributed by atoms with E-state index < -0.39 is 0 Å². The minimum Gasteiger partial charge on any atom is -0.493 e. The maximum atomic E-state index is 13.7. The van der Waals surface area contributed by atoms with Gasteiger partial charge in [0.2, 0.25) is 0 Å². The maximum Gasteiger partial charge on any atom is 0.191 e. The van der Waals surface area contributed by atoms with Crippen molar-refractivity contribution in [1.29, 1.82) is 0 Å². The van der Waals surface area contributed by atoms with Crippen LogP contribution >= 0.6 is 0 Å². The second-order valence-electron chi connectivity index (χ2n) is 6.84. The van der Waals surface area contributed by atoms with Crippen molar-refractivity contribution in [3.05, 3.63) is 71.0 Å². The summed E-state index contributed by atoms with van der Waals surface area (Å²) in [4.78, 5) is 12.8. The van der Waals surface area contributed by atoms with Gasteiger partial charge in [0.1, 0.15) is 11.6 Å². The standard InChI is InChI=1S/C21H22FNO2/c1-4-25-20-8-6-5-7-16(20)19(24)12-18-17-11-15(22)10-9-14(17)13-21(2,3)23-18/h5-12,23H,4,13H2,1-3H3/b18-12-. The lowest BCUT2D eigenvalue weighted by molar-refractivity contribution is 0.104. The predicted octanol–water partition coefficient (Wildman–Crippen LogP) is 4.37. The summed E-state index contributed by atoms with van der Waals surface area (Å²) in [5.41, 5.74) is 2.70. The van der Waals surface area contributed by atoms with Crippen LogP contribution in [0.25, 0.3) is 5.70 Å². The lowest BCUT2D eigenvalue weighted by Gasteiger charge is -2.35. The van der Waals surface area contributed by atoms with Crippen LogP contribution in [0, 0.1) is 5.82 Å². The lowest BCUT2D eigenvalue weighted by Crippen LogP contribution is -2.43. The number of hydrogen-bond donors (Lipinski definition) is 1. The van der Waals surface area contributed by atoms with Crippen LogP contribution in [0.15, 0.2) is 48.5 Å². The summed E-state index contributed by atoms with van der Waals surface area (Å²) in [6.45, 7) is 6.49. The number of ether oxygens (including phenoxy) is 1. The fraction of sp³-hybridized carbons (Fsp3) is 0.286. The van der Waals surface area contributed by atoms with Crippen LogP contribution in [0.1, 0.15) is 42.3 Å². The van der Waals surface area contributed by atoms with Gasteiger partial charge in [0.25, 0.3) is 0 Å². The highest BCUT2D eigenvalue weighted by molar-refractivity contribution is 6.10. The highest BCUT2D eigenvalue weighted by Crippen LogP contribution is 2.31. The molecule has 3 rings (SSSR count). The molecule has 25 heavy (non-hydrogen) atoms. The minimum atomic E-state index is -0.312. The summed E-state index contributed by atoms with van der Waals surface area (Å²) in [7, 11) is 0. The third kappa shape index (κ3) is 3.73. The zero-order valence-electron chi connectivity index (χ0n) is 14.7. The number of ketones is 1. The summed E-state index contributed by atoms with van der Waals surface area (Å²) in [6, 6.07) is 11.9. The van der Waals surface area contributed by atoms with E-state index in [1.165, 1.54) is 18.2 Å². The van der Waals surface area contributed by atoms with Crippen LogP contribution in [0.4, 0.5) is 4.39 Å². The van der Waals surface area contributed by atoms with Crippen molar-refractivity contribution in [3.63, 3.8) is 0 Å². The number of carbonyl (C=O) groups is 1. The van der Waals surface area contributed by atoms with Crippen LogP contribution < -0.4 is 10.1 Å². The van der Waals surface area contributed by atoms with Gasteiger partial charge in [-0.1, -0.05) is 18.2 Å². The van der Waals surface area contributed by atoms with E-state index >= 15 is 0 Å². The highest BCUT2D eigenvalue weighted by atomic mass is 19.1. The Morgan fingerprint density at radius 1 is 1.28 bits per heavy atom. The van der Waals surface area contributed by atoms with E-state index in [1.54, 1.807) is 24.3 Å². The molecule has 1 aliphatic rings. The minimum absolute atomic E-state index is 0.167. The van der Waals surface area contributed by atoms with Crippen molar-refractivity contribution in [2.45, 2.75) is 32.7 Å². The van der Waals surface area contributed by atoms with Gasteiger partial charge < -0.3 is 10.1 Å². The third-order valence-corrected chi connectivity index (χ3v) is 4.20.